The summed E-state index contributed by atoms with van der Waals surface area (Å²) in [5.74, 6) is 0. The molecule has 1 N–H and O–H groups in total. The summed E-state index contributed by atoms with van der Waals surface area (Å²) in [4.78, 5) is 20.4. The number of nitrogens with zero attached hydrogens (tertiary/aromatic N) is 4. The molecule has 86 valence electrons. The molecule has 0 aromatic carbocycles. The lowest BCUT2D eigenvalue weighted by molar-refractivity contribution is -0.118. The SMILES string of the molecule is O=CN1CCc2c(n[nH]c2-c2cncnc2)C1. The maximum atomic E-state index is 10.7. The van der Waals surface area contributed by atoms with E-state index in [0.29, 0.717) is 6.54 Å². The lowest BCUT2D eigenvalue weighted by Crippen LogP contribution is -2.28. The second-order valence-electron chi connectivity index (χ2n) is 3.98. The molecule has 1 aliphatic rings. The minimum absolute atomic E-state index is 0.572. The Kier molecular flexibility index (Phi) is 2.32. The fourth-order valence-electron chi connectivity index (χ4n) is 2.09. The van der Waals surface area contributed by atoms with E-state index in [1.165, 1.54) is 6.33 Å². The Morgan fingerprint density at radius 1 is 1.35 bits per heavy atom. The van der Waals surface area contributed by atoms with E-state index in [1.807, 2.05) is 0 Å². The summed E-state index contributed by atoms with van der Waals surface area (Å²) in [6.07, 6.45) is 6.69. The molecule has 1 amide bonds. The Morgan fingerprint density at radius 2 is 2.18 bits per heavy atom. The summed E-state index contributed by atoms with van der Waals surface area (Å²) in [5, 5.41) is 7.25. The molecule has 1 aliphatic heterocycles. The zero-order chi connectivity index (χ0) is 11.7. The van der Waals surface area contributed by atoms with Crippen molar-refractivity contribution in [3.05, 3.63) is 30.0 Å². The van der Waals surface area contributed by atoms with Crippen molar-refractivity contribution in [2.75, 3.05) is 6.54 Å². The van der Waals surface area contributed by atoms with Gasteiger partial charge in [0.05, 0.1) is 17.9 Å². The molecule has 0 spiro atoms. The molecule has 0 radical (unpaired) electrons. The van der Waals surface area contributed by atoms with Gasteiger partial charge < -0.3 is 4.90 Å². The van der Waals surface area contributed by atoms with E-state index in [-0.39, 0.29) is 0 Å². The number of carbonyl (C=O) groups excluding carboxylic acids is 1. The number of hydrogen-bond acceptors (Lipinski definition) is 4. The van der Waals surface area contributed by atoms with E-state index < -0.39 is 0 Å². The van der Waals surface area contributed by atoms with Crippen LogP contribution in [-0.2, 0) is 17.8 Å². The second-order valence-corrected chi connectivity index (χ2v) is 3.98. The van der Waals surface area contributed by atoms with E-state index in [9.17, 15) is 4.79 Å². The number of carbonyl (C=O) groups is 1. The lowest BCUT2D eigenvalue weighted by atomic mass is 10.0. The van der Waals surface area contributed by atoms with Crippen LogP contribution in [0, 0.1) is 0 Å². The molecule has 3 heterocycles. The molecule has 2 aromatic heterocycles. The molecule has 0 fully saturated rings. The maximum Gasteiger partial charge on any atom is 0.210 e. The highest BCUT2D eigenvalue weighted by Gasteiger charge is 2.21. The zero-order valence-electron chi connectivity index (χ0n) is 9.13. The van der Waals surface area contributed by atoms with Crippen molar-refractivity contribution < 1.29 is 4.79 Å². The van der Waals surface area contributed by atoms with Crippen molar-refractivity contribution in [1.82, 2.24) is 25.1 Å². The fourth-order valence-corrected chi connectivity index (χ4v) is 2.09. The summed E-state index contributed by atoms with van der Waals surface area (Å²) in [6.45, 7) is 1.31. The summed E-state index contributed by atoms with van der Waals surface area (Å²) in [7, 11) is 0. The first-order chi connectivity index (χ1) is 8.38. The minimum atomic E-state index is 0.572. The van der Waals surface area contributed by atoms with Gasteiger partial charge in [-0.3, -0.25) is 9.89 Å². The molecular weight excluding hydrogens is 218 g/mol. The van der Waals surface area contributed by atoms with Gasteiger partial charge in [0.2, 0.25) is 6.41 Å². The predicted molar refractivity (Wildman–Crippen MR) is 59.8 cm³/mol. The fraction of sp³-hybridized carbons (Fsp3) is 0.273. The highest BCUT2D eigenvalue weighted by molar-refractivity contribution is 5.63. The summed E-state index contributed by atoms with van der Waals surface area (Å²) in [6, 6.07) is 0. The summed E-state index contributed by atoms with van der Waals surface area (Å²) in [5.41, 5.74) is 3.99. The quantitative estimate of drug-likeness (QED) is 0.755. The average Bonchev–Trinajstić information content (AvgIpc) is 2.82. The van der Waals surface area contributed by atoms with Crippen LogP contribution < -0.4 is 0 Å². The molecule has 0 atom stereocenters. The molecule has 2 aromatic rings. The molecule has 3 rings (SSSR count). The van der Waals surface area contributed by atoms with Gasteiger partial charge in [-0.05, 0) is 6.42 Å². The van der Waals surface area contributed by atoms with Crippen LogP contribution in [0.15, 0.2) is 18.7 Å². The van der Waals surface area contributed by atoms with Gasteiger partial charge in [-0.1, -0.05) is 0 Å². The van der Waals surface area contributed by atoms with E-state index in [0.717, 1.165) is 41.9 Å². The monoisotopic (exact) mass is 229 g/mol. The Hall–Kier alpha value is -2.24. The summed E-state index contributed by atoms with van der Waals surface area (Å²) >= 11 is 0. The van der Waals surface area contributed by atoms with Crippen molar-refractivity contribution in [1.29, 1.82) is 0 Å². The number of H-pyrrole nitrogens is 1. The number of nitrogens with one attached hydrogen (secondary N) is 1. The average molecular weight is 229 g/mol. The number of fused-ring (bicyclic) bond motifs is 1. The Bertz CT molecular complexity index is 536. The van der Waals surface area contributed by atoms with Crippen LogP contribution in [0.5, 0.6) is 0 Å². The molecule has 0 saturated carbocycles. The van der Waals surface area contributed by atoms with Crippen molar-refractivity contribution in [2.45, 2.75) is 13.0 Å². The van der Waals surface area contributed by atoms with Gasteiger partial charge in [0.1, 0.15) is 6.33 Å². The highest BCUT2D eigenvalue weighted by Crippen LogP contribution is 2.26. The Morgan fingerprint density at radius 3 is 2.94 bits per heavy atom. The first kappa shape index (κ1) is 9.95. The van der Waals surface area contributed by atoms with Gasteiger partial charge in [-0.15, -0.1) is 0 Å². The first-order valence-electron chi connectivity index (χ1n) is 5.39. The van der Waals surface area contributed by atoms with E-state index in [2.05, 4.69) is 20.2 Å². The van der Waals surface area contributed by atoms with Crippen molar-refractivity contribution in [3.8, 4) is 11.3 Å². The van der Waals surface area contributed by atoms with Gasteiger partial charge in [-0.25, -0.2) is 9.97 Å². The second kappa shape index (κ2) is 3.97. The molecule has 17 heavy (non-hydrogen) atoms. The third kappa shape index (κ3) is 1.67. The van der Waals surface area contributed by atoms with Crippen LogP contribution >= 0.6 is 0 Å². The molecule has 6 nitrogen and oxygen atoms in total. The third-order valence-corrected chi connectivity index (χ3v) is 2.95. The van der Waals surface area contributed by atoms with Gasteiger partial charge in [0, 0.05) is 30.1 Å². The normalized spacial score (nSPS) is 14.5. The molecule has 0 bridgehead atoms. The van der Waals surface area contributed by atoms with Crippen LogP contribution in [0.4, 0.5) is 0 Å². The van der Waals surface area contributed by atoms with Gasteiger partial charge in [-0.2, -0.15) is 5.10 Å². The molecule has 0 aliphatic carbocycles. The maximum absolute atomic E-state index is 10.7. The topological polar surface area (TPSA) is 74.8 Å². The molecule has 6 heteroatoms. The molecular formula is C11H11N5O. The van der Waals surface area contributed by atoms with Crippen LogP contribution in [0.1, 0.15) is 11.3 Å². The standard InChI is InChI=1S/C11H11N5O/c17-7-16-2-1-9-10(5-16)14-15-11(9)8-3-12-6-13-4-8/h3-4,6-7H,1-2,5H2,(H,14,15). The lowest BCUT2D eigenvalue weighted by Gasteiger charge is -2.22. The van der Waals surface area contributed by atoms with Gasteiger partial charge in [0.15, 0.2) is 0 Å². The van der Waals surface area contributed by atoms with Crippen LogP contribution in [0.3, 0.4) is 0 Å². The number of aromatic nitrogens is 4. The van der Waals surface area contributed by atoms with Gasteiger partial charge in [0.25, 0.3) is 0 Å². The van der Waals surface area contributed by atoms with Crippen molar-refractivity contribution >= 4 is 6.41 Å². The van der Waals surface area contributed by atoms with E-state index in [1.54, 1.807) is 17.3 Å². The van der Waals surface area contributed by atoms with Crippen LogP contribution in [-0.4, -0.2) is 38.0 Å². The molecule has 0 saturated heterocycles. The molecule has 0 unspecified atom stereocenters. The number of amides is 1. The van der Waals surface area contributed by atoms with E-state index in [4.69, 9.17) is 0 Å². The Balaban J connectivity index is 2.00. The van der Waals surface area contributed by atoms with Crippen LogP contribution in [0.25, 0.3) is 11.3 Å². The van der Waals surface area contributed by atoms with Gasteiger partial charge >= 0.3 is 0 Å². The van der Waals surface area contributed by atoms with Crippen LogP contribution in [0.2, 0.25) is 0 Å². The zero-order valence-corrected chi connectivity index (χ0v) is 9.13. The third-order valence-electron chi connectivity index (χ3n) is 2.95. The predicted octanol–water partition coefficient (Wildman–Crippen LogP) is 0.381. The Labute approximate surface area is 97.7 Å². The largest absolute Gasteiger partial charge is 0.339 e. The van der Waals surface area contributed by atoms with Crippen molar-refractivity contribution in [3.63, 3.8) is 0 Å². The van der Waals surface area contributed by atoms with Crippen molar-refractivity contribution in [2.24, 2.45) is 0 Å². The number of rotatable bonds is 2. The van der Waals surface area contributed by atoms with E-state index >= 15 is 0 Å². The smallest absolute Gasteiger partial charge is 0.210 e. The number of hydrogen-bond donors (Lipinski definition) is 1. The summed E-state index contributed by atoms with van der Waals surface area (Å²) < 4.78 is 0. The highest BCUT2D eigenvalue weighted by atomic mass is 16.1. The number of aromatic amines is 1. The first-order valence-corrected chi connectivity index (χ1v) is 5.39. The minimum Gasteiger partial charge on any atom is -0.339 e.